The minimum absolute atomic E-state index is 0.476. The van der Waals surface area contributed by atoms with Crippen LogP contribution in [0.25, 0.3) is 5.57 Å². The van der Waals surface area contributed by atoms with E-state index in [1.165, 1.54) is 69.8 Å². The smallest absolute Gasteiger partial charge is 0.223 e. The predicted octanol–water partition coefficient (Wildman–Crippen LogP) is 6.71. The van der Waals surface area contributed by atoms with Crippen molar-refractivity contribution in [1.82, 2.24) is 9.97 Å². The first-order valence-electron chi connectivity index (χ1n) is 11.1. The first-order chi connectivity index (χ1) is 13.7. The molecule has 1 N–H and O–H groups in total. The van der Waals surface area contributed by atoms with Crippen LogP contribution < -0.4 is 5.32 Å². The van der Waals surface area contributed by atoms with Gasteiger partial charge in [-0.25, -0.2) is 9.97 Å². The Morgan fingerprint density at radius 2 is 2.00 bits per heavy atom. The zero-order valence-corrected chi connectivity index (χ0v) is 18.3. The maximum absolute atomic E-state index is 6.58. The number of aromatic nitrogens is 2. The third-order valence-electron chi connectivity index (χ3n) is 6.17. The van der Waals surface area contributed by atoms with Gasteiger partial charge in [0.1, 0.15) is 0 Å². The summed E-state index contributed by atoms with van der Waals surface area (Å²) in [7, 11) is 1.83. The first-order valence-corrected chi connectivity index (χ1v) is 11.5. The van der Waals surface area contributed by atoms with E-state index >= 15 is 0 Å². The molecule has 1 heterocycles. The molecule has 0 aromatic carbocycles. The highest BCUT2D eigenvalue weighted by Crippen LogP contribution is 2.37. The molecular formula is C23H35ClN4. The Bertz CT molecular complexity index is 688. The van der Waals surface area contributed by atoms with Crippen LogP contribution in [0.1, 0.15) is 89.7 Å². The van der Waals surface area contributed by atoms with Crippen molar-refractivity contribution in [3.8, 4) is 0 Å². The van der Waals surface area contributed by atoms with Crippen molar-refractivity contribution >= 4 is 29.3 Å². The van der Waals surface area contributed by atoms with Gasteiger partial charge >= 0.3 is 0 Å². The zero-order valence-electron chi connectivity index (χ0n) is 17.5. The predicted molar refractivity (Wildman–Crippen MR) is 120 cm³/mol. The topological polar surface area (TPSA) is 50.2 Å². The van der Waals surface area contributed by atoms with Gasteiger partial charge in [-0.3, -0.25) is 4.99 Å². The molecule has 2 aliphatic rings. The van der Waals surface area contributed by atoms with Crippen LogP contribution in [0, 0.1) is 5.92 Å². The van der Waals surface area contributed by atoms with Crippen LogP contribution >= 0.6 is 11.6 Å². The molecule has 1 aromatic rings. The van der Waals surface area contributed by atoms with Gasteiger partial charge in [0.15, 0.2) is 0 Å². The van der Waals surface area contributed by atoms with E-state index in [4.69, 9.17) is 16.6 Å². The van der Waals surface area contributed by atoms with Crippen LogP contribution in [0.4, 0.5) is 5.95 Å². The molecule has 2 saturated carbocycles. The molecule has 0 saturated heterocycles. The molecule has 2 aliphatic carbocycles. The molecule has 0 bridgehead atoms. The molecule has 0 aliphatic heterocycles. The van der Waals surface area contributed by atoms with E-state index in [-0.39, 0.29) is 0 Å². The molecule has 4 nitrogen and oxygen atoms in total. The lowest BCUT2D eigenvalue weighted by Crippen LogP contribution is -2.23. The van der Waals surface area contributed by atoms with E-state index in [0.717, 1.165) is 30.0 Å². The number of hydrogen-bond acceptors (Lipinski definition) is 4. The second-order valence-electron chi connectivity index (χ2n) is 8.38. The molecule has 5 heteroatoms. The number of halogens is 1. The number of unbranched alkanes of at least 4 members (excludes halogenated alkanes) is 1. The summed E-state index contributed by atoms with van der Waals surface area (Å²) in [4.78, 5) is 13.7. The van der Waals surface area contributed by atoms with Crippen molar-refractivity contribution in [2.45, 2.75) is 90.0 Å². The van der Waals surface area contributed by atoms with Crippen LogP contribution in [0.15, 0.2) is 16.8 Å². The Morgan fingerprint density at radius 1 is 1.21 bits per heavy atom. The van der Waals surface area contributed by atoms with E-state index in [2.05, 4.69) is 22.2 Å². The lowest BCUT2D eigenvalue weighted by Gasteiger charge is -2.27. The lowest BCUT2D eigenvalue weighted by molar-refractivity contribution is 0.311. The van der Waals surface area contributed by atoms with Gasteiger partial charge in [-0.1, -0.05) is 69.0 Å². The molecular weight excluding hydrogens is 368 g/mol. The van der Waals surface area contributed by atoms with E-state index in [1.54, 1.807) is 6.20 Å². The summed E-state index contributed by atoms with van der Waals surface area (Å²) in [5.74, 6) is 1.51. The Morgan fingerprint density at radius 3 is 2.64 bits per heavy atom. The zero-order chi connectivity index (χ0) is 19.8. The largest absolute Gasteiger partial charge is 0.351 e. The number of anilines is 1. The van der Waals surface area contributed by atoms with Crippen LogP contribution in [-0.2, 0) is 0 Å². The van der Waals surface area contributed by atoms with Crippen LogP contribution in [0.2, 0.25) is 5.02 Å². The van der Waals surface area contributed by atoms with Crippen molar-refractivity contribution in [1.29, 1.82) is 0 Å². The molecule has 2 fully saturated rings. The fourth-order valence-corrected chi connectivity index (χ4v) is 4.48. The minimum atomic E-state index is 0.476. The van der Waals surface area contributed by atoms with E-state index in [0.29, 0.717) is 17.0 Å². The molecule has 0 atom stereocenters. The number of nitrogens with zero attached hydrogens (tertiary/aromatic N) is 3. The summed E-state index contributed by atoms with van der Waals surface area (Å²) >= 11 is 6.58. The Hall–Kier alpha value is -1.42. The Balaban J connectivity index is 1.90. The number of hydrogen-bond donors (Lipinski definition) is 1. The van der Waals surface area contributed by atoms with E-state index < -0.39 is 0 Å². The van der Waals surface area contributed by atoms with Gasteiger partial charge in [-0.2, -0.15) is 0 Å². The molecule has 0 amide bonds. The summed E-state index contributed by atoms with van der Waals surface area (Å²) in [6.45, 7) is 2.25. The molecule has 0 unspecified atom stereocenters. The summed E-state index contributed by atoms with van der Waals surface area (Å²) in [5, 5.41) is 4.16. The monoisotopic (exact) mass is 402 g/mol. The summed E-state index contributed by atoms with van der Waals surface area (Å²) < 4.78 is 0. The lowest BCUT2D eigenvalue weighted by atomic mass is 9.78. The molecule has 0 spiro atoms. The second kappa shape index (κ2) is 10.9. The van der Waals surface area contributed by atoms with Crippen molar-refractivity contribution in [2.75, 3.05) is 12.4 Å². The molecule has 1 aromatic heterocycles. The average molecular weight is 403 g/mol. The maximum atomic E-state index is 6.58. The summed E-state index contributed by atoms with van der Waals surface area (Å²) in [6.07, 6.45) is 18.7. The summed E-state index contributed by atoms with van der Waals surface area (Å²) in [6, 6.07) is 0.476. The van der Waals surface area contributed by atoms with Gasteiger partial charge < -0.3 is 5.32 Å². The van der Waals surface area contributed by atoms with Gasteiger partial charge in [0, 0.05) is 24.9 Å². The van der Waals surface area contributed by atoms with E-state index in [9.17, 15) is 0 Å². The Labute approximate surface area is 175 Å². The highest BCUT2D eigenvalue weighted by Gasteiger charge is 2.22. The fraction of sp³-hybridized carbons (Fsp3) is 0.696. The normalized spacial score (nSPS) is 19.5. The highest BCUT2D eigenvalue weighted by atomic mass is 35.5. The van der Waals surface area contributed by atoms with Crippen LogP contribution in [0.3, 0.4) is 0 Å². The number of aliphatic imine (C=N–C) groups is 1. The minimum Gasteiger partial charge on any atom is -0.351 e. The first kappa shape index (κ1) is 21.3. The number of rotatable bonds is 9. The third kappa shape index (κ3) is 5.79. The quantitative estimate of drug-likeness (QED) is 0.467. The maximum Gasteiger partial charge on any atom is 0.223 e. The van der Waals surface area contributed by atoms with Crippen molar-refractivity contribution in [3.05, 3.63) is 22.5 Å². The second-order valence-corrected chi connectivity index (χ2v) is 8.79. The third-order valence-corrected chi connectivity index (χ3v) is 6.45. The van der Waals surface area contributed by atoms with Crippen molar-refractivity contribution < 1.29 is 0 Å². The average Bonchev–Trinajstić information content (AvgIpc) is 2.68. The fourth-order valence-electron chi connectivity index (χ4n) is 4.29. The van der Waals surface area contributed by atoms with E-state index in [1.807, 2.05) is 13.3 Å². The van der Waals surface area contributed by atoms with Crippen molar-refractivity contribution in [3.63, 3.8) is 0 Å². The Kier molecular flexibility index (Phi) is 8.32. The van der Waals surface area contributed by atoms with Crippen molar-refractivity contribution in [2.24, 2.45) is 10.9 Å². The standard InChI is InChI=1S/C23H35ClN4/c1-3-4-11-18(14-17-9-8-10-17)20(15-25-2)22-21(24)16-26-23(28-22)27-19-12-6-5-7-13-19/h15-17,19H,3-14H2,1-2H3,(H,26,27,28)/b20-18-,25-15-. The number of nitrogens with one attached hydrogen (secondary N) is 1. The van der Waals surface area contributed by atoms with Gasteiger partial charge in [0.05, 0.1) is 16.9 Å². The van der Waals surface area contributed by atoms with Gasteiger partial charge in [0.25, 0.3) is 0 Å². The van der Waals surface area contributed by atoms with Gasteiger partial charge in [0.2, 0.25) is 5.95 Å². The van der Waals surface area contributed by atoms with Gasteiger partial charge in [-0.05, 0) is 38.0 Å². The molecule has 28 heavy (non-hydrogen) atoms. The molecule has 3 rings (SSSR count). The SMILES string of the molecule is CCCC/C(CC1CCC1)=C(\C=N/C)c1nc(NC2CCCCC2)ncc1Cl. The molecule has 154 valence electrons. The number of allylic oxidation sites excluding steroid dienone is 2. The van der Waals surface area contributed by atoms with Gasteiger partial charge in [-0.15, -0.1) is 0 Å². The van der Waals surface area contributed by atoms with Crippen LogP contribution in [-0.4, -0.2) is 29.3 Å². The molecule has 0 radical (unpaired) electrons. The highest BCUT2D eigenvalue weighted by molar-refractivity contribution is 6.33. The summed E-state index contributed by atoms with van der Waals surface area (Å²) in [5.41, 5.74) is 3.41. The van der Waals surface area contributed by atoms with Crippen LogP contribution in [0.5, 0.6) is 0 Å².